The van der Waals surface area contributed by atoms with Crippen molar-refractivity contribution < 1.29 is 52.7 Å². The topological polar surface area (TPSA) is 168 Å². The van der Waals surface area contributed by atoms with Gasteiger partial charge in [0.05, 0.1) is 19.3 Å². The SMILES string of the molecule is COCC(C=O)OC(C=O)OCC1CC(C(C)(C)C)C(O)C(O)C1OC(=O)COc1ccc2ccc(=O)oc2c1. The van der Waals surface area contributed by atoms with E-state index in [1.54, 1.807) is 18.2 Å². The van der Waals surface area contributed by atoms with Gasteiger partial charge >= 0.3 is 11.6 Å². The van der Waals surface area contributed by atoms with E-state index in [9.17, 15) is 29.4 Å². The van der Waals surface area contributed by atoms with Crippen LogP contribution in [0, 0.1) is 17.3 Å². The lowest BCUT2D eigenvalue weighted by Gasteiger charge is -2.47. The van der Waals surface area contributed by atoms with Gasteiger partial charge in [-0.3, -0.25) is 4.79 Å². The van der Waals surface area contributed by atoms with Gasteiger partial charge in [-0.25, -0.2) is 9.59 Å². The molecule has 3 rings (SSSR count). The quantitative estimate of drug-likeness (QED) is 0.155. The van der Waals surface area contributed by atoms with Crippen LogP contribution in [-0.2, 0) is 33.3 Å². The predicted octanol–water partition coefficient (Wildman–Crippen LogP) is 1.26. The Balaban J connectivity index is 1.70. The summed E-state index contributed by atoms with van der Waals surface area (Å²) in [4.78, 5) is 46.9. The first-order chi connectivity index (χ1) is 19.0. The maximum atomic E-state index is 12.7. The average molecular weight is 565 g/mol. The summed E-state index contributed by atoms with van der Waals surface area (Å²) in [5, 5.41) is 22.5. The van der Waals surface area contributed by atoms with Crippen LogP contribution in [0.15, 0.2) is 39.5 Å². The third kappa shape index (κ3) is 8.18. The van der Waals surface area contributed by atoms with E-state index >= 15 is 0 Å². The van der Waals surface area contributed by atoms with Crippen LogP contribution in [0.3, 0.4) is 0 Å². The fraction of sp³-hybridized carbons (Fsp3) is 0.571. The normalized spacial score (nSPS) is 24.7. The number of aliphatic hydroxyl groups excluding tert-OH is 2. The number of methoxy groups -OCH3 is 1. The van der Waals surface area contributed by atoms with Gasteiger partial charge in [0.2, 0.25) is 6.29 Å². The molecule has 1 fully saturated rings. The number of aldehydes is 2. The van der Waals surface area contributed by atoms with Gasteiger partial charge in [-0.05, 0) is 36.0 Å². The number of carbonyl (C=O) groups excluding carboxylic acids is 3. The van der Waals surface area contributed by atoms with Gasteiger partial charge in [0, 0.05) is 30.5 Å². The highest BCUT2D eigenvalue weighted by atomic mass is 16.7. The van der Waals surface area contributed by atoms with Gasteiger partial charge in [-0.2, -0.15) is 0 Å². The molecule has 2 aromatic rings. The van der Waals surface area contributed by atoms with Crippen molar-refractivity contribution in [2.45, 2.75) is 57.9 Å². The molecule has 0 saturated heterocycles. The zero-order chi connectivity index (χ0) is 29.4. The molecule has 2 N–H and O–H groups in total. The van der Waals surface area contributed by atoms with Crippen LogP contribution in [-0.4, -0.2) is 86.4 Å². The molecule has 1 heterocycles. The minimum Gasteiger partial charge on any atom is -0.482 e. The van der Waals surface area contributed by atoms with E-state index in [-0.39, 0.29) is 30.5 Å². The highest BCUT2D eigenvalue weighted by molar-refractivity contribution is 5.78. The van der Waals surface area contributed by atoms with Crippen molar-refractivity contribution in [3.63, 3.8) is 0 Å². The van der Waals surface area contributed by atoms with E-state index in [1.807, 2.05) is 20.8 Å². The number of fused-ring (bicyclic) bond motifs is 1. The van der Waals surface area contributed by atoms with Crippen molar-refractivity contribution >= 4 is 29.5 Å². The van der Waals surface area contributed by atoms with Gasteiger partial charge in [-0.15, -0.1) is 0 Å². The lowest BCUT2D eigenvalue weighted by atomic mass is 9.65. The Morgan fingerprint density at radius 2 is 1.85 bits per heavy atom. The van der Waals surface area contributed by atoms with E-state index in [1.165, 1.54) is 19.2 Å². The Morgan fingerprint density at radius 3 is 2.50 bits per heavy atom. The van der Waals surface area contributed by atoms with E-state index in [4.69, 9.17) is 28.1 Å². The molecule has 1 saturated carbocycles. The summed E-state index contributed by atoms with van der Waals surface area (Å²) < 4.78 is 32.0. The Morgan fingerprint density at radius 1 is 1.12 bits per heavy atom. The van der Waals surface area contributed by atoms with Crippen LogP contribution in [0.1, 0.15) is 27.2 Å². The number of benzene rings is 1. The van der Waals surface area contributed by atoms with Crippen LogP contribution in [0.25, 0.3) is 11.0 Å². The number of carbonyl (C=O) groups is 3. The molecule has 7 unspecified atom stereocenters. The first kappa shape index (κ1) is 31.4. The summed E-state index contributed by atoms with van der Waals surface area (Å²) in [6.45, 7) is 4.94. The molecule has 1 aromatic carbocycles. The highest BCUT2D eigenvalue weighted by Crippen LogP contribution is 2.42. The van der Waals surface area contributed by atoms with Gasteiger partial charge in [-0.1, -0.05) is 20.8 Å². The molecule has 1 aromatic heterocycles. The molecule has 40 heavy (non-hydrogen) atoms. The fourth-order valence-corrected chi connectivity index (χ4v) is 4.74. The van der Waals surface area contributed by atoms with Gasteiger partial charge < -0.3 is 43.1 Å². The molecule has 7 atom stereocenters. The van der Waals surface area contributed by atoms with Crippen molar-refractivity contribution in [1.82, 2.24) is 0 Å². The lowest BCUT2D eigenvalue weighted by molar-refractivity contribution is -0.211. The molecule has 12 heteroatoms. The third-order valence-electron chi connectivity index (χ3n) is 6.83. The van der Waals surface area contributed by atoms with Crippen molar-refractivity contribution in [3.05, 3.63) is 40.8 Å². The minimum atomic E-state index is -1.45. The first-order valence-corrected chi connectivity index (χ1v) is 12.9. The summed E-state index contributed by atoms with van der Waals surface area (Å²) >= 11 is 0. The Bertz CT molecular complexity index is 1200. The van der Waals surface area contributed by atoms with E-state index in [0.29, 0.717) is 24.4 Å². The predicted molar refractivity (Wildman–Crippen MR) is 140 cm³/mol. The second kappa shape index (κ2) is 14.0. The number of ether oxygens (including phenoxy) is 5. The number of hydrogen-bond donors (Lipinski definition) is 2. The second-order valence-electron chi connectivity index (χ2n) is 10.8. The molecular formula is C28H36O12. The van der Waals surface area contributed by atoms with Crippen LogP contribution in [0.4, 0.5) is 0 Å². The van der Waals surface area contributed by atoms with Crippen LogP contribution >= 0.6 is 0 Å². The summed E-state index contributed by atoms with van der Waals surface area (Å²) in [7, 11) is 1.37. The summed E-state index contributed by atoms with van der Waals surface area (Å²) in [5.41, 5.74) is -0.661. The molecule has 12 nitrogen and oxygen atoms in total. The zero-order valence-corrected chi connectivity index (χ0v) is 22.9. The van der Waals surface area contributed by atoms with Crippen LogP contribution < -0.4 is 10.4 Å². The second-order valence-corrected chi connectivity index (χ2v) is 10.8. The molecule has 0 spiro atoms. The number of hydrogen-bond acceptors (Lipinski definition) is 12. The van der Waals surface area contributed by atoms with Crippen molar-refractivity contribution in [2.24, 2.45) is 17.3 Å². The monoisotopic (exact) mass is 564 g/mol. The maximum absolute atomic E-state index is 12.7. The summed E-state index contributed by atoms with van der Waals surface area (Å²) in [6.07, 6.45) is -5.12. The Hall–Kier alpha value is -3.16. The molecule has 1 aliphatic carbocycles. The van der Waals surface area contributed by atoms with Crippen molar-refractivity contribution in [3.8, 4) is 5.75 Å². The molecule has 0 radical (unpaired) electrons. The average Bonchev–Trinajstić information content (AvgIpc) is 2.91. The minimum absolute atomic E-state index is 0.0821. The highest BCUT2D eigenvalue weighted by Gasteiger charge is 2.49. The maximum Gasteiger partial charge on any atom is 0.344 e. The summed E-state index contributed by atoms with van der Waals surface area (Å²) in [6, 6.07) is 7.60. The number of aliphatic hydroxyl groups is 2. The first-order valence-electron chi connectivity index (χ1n) is 12.9. The standard InChI is InChI=1S/C28H36O12/c1-28(2,3)20-9-17(13-37-24(12-30)38-19(11-29)14-35-4)27(26(34)25(20)33)40-23(32)15-36-18-7-5-16-6-8-22(31)39-21(16)10-18/h5-8,10-12,17,19-20,24-27,33-34H,9,13-15H2,1-4H3. The van der Waals surface area contributed by atoms with Gasteiger partial charge in [0.1, 0.15) is 29.6 Å². The van der Waals surface area contributed by atoms with E-state index in [0.717, 1.165) is 0 Å². The zero-order valence-electron chi connectivity index (χ0n) is 22.9. The Labute approximate surface area is 231 Å². The van der Waals surface area contributed by atoms with E-state index < -0.39 is 60.2 Å². The summed E-state index contributed by atoms with van der Waals surface area (Å²) in [5.74, 6) is -1.59. The van der Waals surface area contributed by atoms with Crippen molar-refractivity contribution in [2.75, 3.05) is 26.9 Å². The lowest BCUT2D eigenvalue weighted by Crippen LogP contribution is -2.57. The molecule has 0 aliphatic heterocycles. The third-order valence-corrected chi connectivity index (χ3v) is 6.83. The Kier molecular flexibility index (Phi) is 10.9. The van der Waals surface area contributed by atoms with Crippen LogP contribution in [0.2, 0.25) is 0 Å². The molecule has 0 bridgehead atoms. The molecular weight excluding hydrogens is 528 g/mol. The number of rotatable bonds is 13. The van der Waals surface area contributed by atoms with Crippen LogP contribution in [0.5, 0.6) is 5.75 Å². The molecule has 220 valence electrons. The largest absolute Gasteiger partial charge is 0.482 e. The molecule has 0 amide bonds. The fourth-order valence-electron chi connectivity index (χ4n) is 4.74. The van der Waals surface area contributed by atoms with Crippen molar-refractivity contribution in [1.29, 1.82) is 0 Å². The van der Waals surface area contributed by atoms with Gasteiger partial charge in [0.25, 0.3) is 0 Å². The smallest absolute Gasteiger partial charge is 0.344 e. The van der Waals surface area contributed by atoms with E-state index in [2.05, 4.69) is 0 Å². The molecule has 1 aliphatic rings. The number of esters is 1. The van der Waals surface area contributed by atoms with Gasteiger partial charge in [0.15, 0.2) is 19.2 Å².